The molecule has 0 spiro atoms. The molecule has 0 aliphatic heterocycles. The number of hydrogen-bond acceptors (Lipinski definition) is 4. The van der Waals surface area contributed by atoms with Crippen molar-refractivity contribution >= 4 is 11.9 Å². The van der Waals surface area contributed by atoms with Crippen molar-refractivity contribution in [3.63, 3.8) is 0 Å². The summed E-state index contributed by atoms with van der Waals surface area (Å²) in [6.45, 7) is 1.96. The molecule has 1 aromatic rings. The molecule has 0 fully saturated rings. The third-order valence-electron chi connectivity index (χ3n) is 2.44. The Balaban J connectivity index is 0.000000396. The molecule has 0 aliphatic carbocycles. The highest BCUT2D eigenvalue weighted by Gasteiger charge is 2.12. The van der Waals surface area contributed by atoms with Gasteiger partial charge in [0.25, 0.3) is 0 Å². The second-order valence-corrected chi connectivity index (χ2v) is 3.94. The summed E-state index contributed by atoms with van der Waals surface area (Å²) in [4.78, 5) is 19.1. The Hall–Kier alpha value is -2.18. The summed E-state index contributed by atoms with van der Waals surface area (Å²) in [7, 11) is 1.84. The van der Waals surface area contributed by atoms with Crippen LogP contribution in [0.4, 0.5) is 0 Å². The molecule has 20 heavy (non-hydrogen) atoms. The van der Waals surface area contributed by atoms with Crippen molar-refractivity contribution in [1.82, 2.24) is 5.32 Å². The fourth-order valence-electron chi connectivity index (χ4n) is 1.24. The molecule has 0 radical (unpaired) electrons. The summed E-state index contributed by atoms with van der Waals surface area (Å²) >= 11 is 0. The van der Waals surface area contributed by atoms with E-state index < -0.39 is 18.0 Å². The van der Waals surface area contributed by atoms with Crippen LogP contribution >= 0.6 is 0 Å². The highest BCUT2D eigenvalue weighted by atomic mass is 16.4. The Morgan fingerprint density at radius 3 is 1.90 bits per heavy atom. The van der Waals surface area contributed by atoms with Crippen molar-refractivity contribution in [1.29, 1.82) is 0 Å². The van der Waals surface area contributed by atoms with Crippen molar-refractivity contribution in [2.24, 2.45) is 0 Å². The molecule has 2 atom stereocenters. The Kier molecular flexibility index (Phi) is 8.65. The van der Waals surface area contributed by atoms with Gasteiger partial charge in [-0.05, 0) is 19.5 Å². The second-order valence-electron chi connectivity index (χ2n) is 3.94. The minimum atomic E-state index is -1.26. The number of rotatable bonds is 5. The quantitative estimate of drug-likeness (QED) is 0.601. The van der Waals surface area contributed by atoms with E-state index >= 15 is 0 Å². The molecule has 0 saturated heterocycles. The highest BCUT2D eigenvalue weighted by Crippen LogP contribution is 2.15. The molecule has 4 N–H and O–H groups in total. The zero-order chi connectivity index (χ0) is 15.5. The van der Waals surface area contributed by atoms with Gasteiger partial charge in [0.15, 0.2) is 0 Å². The lowest BCUT2D eigenvalue weighted by atomic mass is 10.0. The third-order valence-corrected chi connectivity index (χ3v) is 2.44. The number of aliphatic carboxylic acids is 2. The molecule has 0 unspecified atom stereocenters. The van der Waals surface area contributed by atoms with Crippen molar-refractivity contribution in [2.75, 3.05) is 7.05 Å². The van der Waals surface area contributed by atoms with Gasteiger partial charge in [-0.25, -0.2) is 9.59 Å². The molecular formula is C14H19NO5. The topological polar surface area (TPSA) is 107 Å². The Labute approximate surface area is 117 Å². The van der Waals surface area contributed by atoms with Crippen LogP contribution < -0.4 is 5.32 Å². The first-order chi connectivity index (χ1) is 9.38. The van der Waals surface area contributed by atoms with Gasteiger partial charge in [-0.1, -0.05) is 30.3 Å². The molecule has 0 saturated carbocycles. The van der Waals surface area contributed by atoms with E-state index in [-0.39, 0.29) is 6.04 Å². The number of likely N-dealkylation sites (N-methyl/N-ethyl adjacent to an activating group) is 1. The molecule has 1 aromatic carbocycles. The van der Waals surface area contributed by atoms with Gasteiger partial charge >= 0.3 is 11.9 Å². The lowest BCUT2D eigenvalue weighted by Gasteiger charge is -2.17. The molecule has 0 aliphatic rings. The SMILES string of the molecule is CN[C@@H](C)[C@@H](O)c1ccccc1.O=C(O)/C=C\C(=O)O. The zero-order valence-electron chi connectivity index (χ0n) is 11.4. The number of carboxylic acids is 2. The van der Waals surface area contributed by atoms with Crippen LogP contribution in [0.25, 0.3) is 0 Å². The Morgan fingerprint density at radius 2 is 1.55 bits per heavy atom. The van der Waals surface area contributed by atoms with E-state index in [1.807, 2.05) is 44.3 Å². The van der Waals surface area contributed by atoms with Crippen molar-refractivity contribution in [2.45, 2.75) is 19.1 Å². The van der Waals surface area contributed by atoms with E-state index in [9.17, 15) is 14.7 Å². The number of carboxylic acid groups (broad SMARTS) is 2. The van der Waals surface area contributed by atoms with Gasteiger partial charge in [0.1, 0.15) is 0 Å². The minimum Gasteiger partial charge on any atom is -0.478 e. The van der Waals surface area contributed by atoms with Crippen LogP contribution in [-0.2, 0) is 9.59 Å². The number of benzene rings is 1. The summed E-state index contributed by atoms with van der Waals surface area (Å²) in [5.74, 6) is -2.51. The van der Waals surface area contributed by atoms with Crippen molar-refractivity contribution < 1.29 is 24.9 Å². The minimum absolute atomic E-state index is 0.0902. The first-order valence-electron chi connectivity index (χ1n) is 5.92. The third kappa shape index (κ3) is 8.02. The lowest BCUT2D eigenvalue weighted by molar-refractivity contribution is -0.134. The van der Waals surface area contributed by atoms with E-state index in [0.29, 0.717) is 12.2 Å². The van der Waals surface area contributed by atoms with Crippen LogP contribution in [0.3, 0.4) is 0 Å². The fraction of sp³-hybridized carbons (Fsp3) is 0.286. The summed E-state index contributed by atoms with van der Waals surface area (Å²) < 4.78 is 0. The Bertz CT molecular complexity index is 428. The number of hydrogen-bond donors (Lipinski definition) is 4. The lowest BCUT2D eigenvalue weighted by Crippen LogP contribution is -2.28. The predicted molar refractivity (Wildman–Crippen MR) is 74.3 cm³/mol. The molecule has 6 heteroatoms. The van der Waals surface area contributed by atoms with Gasteiger partial charge in [0.2, 0.25) is 0 Å². The van der Waals surface area contributed by atoms with Gasteiger partial charge in [0, 0.05) is 18.2 Å². The van der Waals surface area contributed by atoms with Crippen molar-refractivity contribution in [3.8, 4) is 0 Å². The van der Waals surface area contributed by atoms with Crippen LogP contribution in [0, 0.1) is 0 Å². The fourth-order valence-corrected chi connectivity index (χ4v) is 1.24. The van der Waals surface area contributed by atoms with Crippen molar-refractivity contribution in [3.05, 3.63) is 48.0 Å². The van der Waals surface area contributed by atoms with Gasteiger partial charge < -0.3 is 20.6 Å². The summed E-state index contributed by atoms with van der Waals surface area (Å²) in [5, 5.41) is 28.4. The van der Waals surface area contributed by atoms with Crippen LogP contribution in [0.5, 0.6) is 0 Å². The maximum Gasteiger partial charge on any atom is 0.328 e. The molecule has 1 rings (SSSR count). The number of aliphatic hydroxyl groups excluding tert-OH is 1. The molecule has 6 nitrogen and oxygen atoms in total. The van der Waals surface area contributed by atoms with Gasteiger partial charge in [-0.3, -0.25) is 0 Å². The summed E-state index contributed by atoms with van der Waals surface area (Å²) in [6, 6.07) is 9.76. The van der Waals surface area contributed by atoms with E-state index in [4.69, 9.17) is 10.2 Å². The van der Waals surface area contributed by atoms with E-state index in [1.54, 1.807) is 0 Å². The summed E-state index contributed by atoms with van der Waals surface area (Å²) in [6.07, 6.45) is 0.696. The van der Waals surface area contributed by atoms with Crippen LogP contribution in [0.2, 0.25) is 0 Å². The van der Waals surface area contributed by atoms with E-state index in [1.165, 1.54) is 0 Å². The zero-order valence-corrected chi connectivity index (χ0v) is 11.4. The van der Waals surface area contributed by atoms with E-state index in [2.05, 4.69) is 5.32 Å². The standard InChI is InChI=1S/C10H15NO.C4H4O4/c1-8(11-2)10(12)9-6-4-3-5-7-9;5-3(6)1-2-4(7)8/h3-8,10-12H,1-2H3;1-2H,(H,5,6)(H,7,8)/b;2-1-/t8-,10+;/m0./s1. The highest BCUT2D eigenvalue weighted by molar-refractivity contribution is 5.89. The van der Waals surface area contributed by atoms with Gasteiger partial charge in [-0.2, -0.15) is 0 Å². The molecule has 110 valence electrons. The smallest absolute Gasteiger partial charge is 0.328 e. The maximum atomic E-state index is 9.73. The van der Waals surface area contributed by atoms with Gasteiger partial charge in [-0.15, -0.1) is 0 Å². The van der Waals surface area contributed by atoms with Gasteiger partial charge in [0.05, 0.1) is 6.10 Å². The normalized spacial score (nSPS) is 13.2. The first-order valence-corrected chi connectivity index (χ1v) is 5.92. The van der Waals surface area contributed by atoms with Crippen LogP contribution in [0.15, 0.2) is 42.5 Å². The maximum absolute atomic E-state index is 9.73. The average molecular weight is 281 g/mol. The summed E-state index contributed by atoms with van der Waals surface area (Å²) in [5.41, 5.74) is 0.958. The van der Waals surface area contributed by atoms with Crippen LogP contribution in [0.1, 0.15) is 18.6 Å². The van der Waals surface area contributed by atoms with E-state index in [0.717, 1.165) is 5.56 Å². The number of nitrogens with one attached hydrogen (secondary N) is 1. The largest absolute Gasteiger partial charge is 0.478 e. The molecular weight excluding hydrogens is 262 g/mol. The average Bonchev–Trinajstić information content (AvgIpc) is 2.45. The number of carbonyl (C=O) groups is 2. The first kappa shape index (κ1) is 17.8. The monoisotopic (exact) mass is 281 g/mol. The predicted octanol–water partition coefficient (Wildman–Crippen LogP) is 1.04. The molecule has 0 amide bonds. The Morgan fingerprint density at radius 1 is 1.10 bits per heavy atom. The molecule has 0 aromatic heterocycles. The number of aliphatic hydroxyl groups is 1. The van der Waals surface area contributed by atoms with Crippen LogP contribution in [-0.4, -0.2) is 40.3 Å². The molecule has 0 bridgehead atoms. The molecule has 0 heterocycles. The second kappa shape index (κ2) is 9.71.